The topological polar surface area (TPSA) is 65.4 Å². The Morgan fingerprint density at radius 3 is 2.67 bits per heavy atom. The molecule has 30 heavy (non-hydrogen) atoms. The average Bonchev–Trinajstić information content (AvgIpc) is 3.14. The summed E-state index contributed by atoms with van der Waals surface area (Å²) in [6, 6.07) is 10.8. The van der Waals surface area contributed by atoms with Crippen LogP contribution in [0.25, 0.3) is 0 Å². The van der Waals surface area contributed by atoms with Crippen molar-refractivity contribution >= 4 is 36.4 Å². The highest BCUT2D eigenvalue weighted by atomic mass is 35.5. The Morgan fingerprint density at radius 1 is 1.13 bits per heavy atom. The fourth-order valence-electron chi connectivity index (χ4n) is 3.93. The predicted octanol–water partition coefficient (Wildman–Crippen LogP) is 1.97. The predicted molar refractivity (Wildman–Crippen MR) is 125 cm³/mol. The molecule has 1 aromatic heterocycles. The number of aromatic nitrogens is 2. The molecular weight excluding hydrogens is 423 g/mol. The zero-order valence-corrected chi connectivity index (χ0v) is 19.1. The summed E-state index contributed by atoms with van der Waals surface area (Å²) in [5.74, 6) is 0.102. The molecule has 9 heteroatoms. The average molecular weight is 455 g/mol. The Morgan fingerprint density at radius 2 is 1.93 bits per heavy atom. The zero-order valence-electron chi connectivity index (χ0n) is 17.5. The van der Waals surface area contributed by atoms with Crippen molar-refractivity contribution in [3.63, 3.8) is 0 Å². The number of carbonyl (C=O) groups is 1. The molecule has 1 aromatic carbocycles. The number of rotatable bonds is 6. The van der Waals surface area contributed by atoms with Gasteiger partial charge >= 0.3 is 0 Å². The van der Waals surface area contributed by atoms with Crippen LogP contribution in [0.4, 0.5) is 5.69 Å². The Kier molecular flexibility index (Phi) is 9.42. The molecule has 2 N–H and O–H groups in total. The van der Waals surface area contributed by atoms with Gasteiger partial charge in [-0.25, -0.2) is 0 Å². The molecule has 0 bridgehead atoms. The third-order valence-corrected chi connectivity index (χ3v) is 5.58. The van der Waals surface area contributed by atoms with Crippen LogP contribution in [0.5, 0.6) is 0 Å². The third kappa shape index (κ3) is 6.35. The highest BCUT2D eigenvalue weighted by Crippen LogP contribution is 2.17. The first-order chi connectivity index (χ1) is 13.7. The number of benzene rings is 1. The maximum Gasteiger partial charge on any atom is 0.221 e. The van der Waals surface area contributed by atoms with Gasteiger partial charge < -0.3 is 15.5 Å². The van der Waals surface area contributed by atoms with Crippen molar-refractivity contribution in [3.8, 4) is 0 Å². The van der Waals surface area contributed by atoms with Crippen LogP contribution in [-0.4, -0.2) is 59.9 Å². The molecule has 0 saturated carbocycles. The minimum absolute atomic E-state index is 0. The number of hydrogen-bond acceptors (Lipinski definition) is 5. The highest BCUT2D eigenvalue weighted by Gasteiger charge is 2.18. The van der Waals surface area contributed by atoms with Crippen LogP contribution in [0.15, 0.2) is 30.3 Å². The van der Waals surface area contributed by atoms with Crippen LogP contribution in [-0.2, 0) is 24.4 Å². The molecule has 0 spiro atoms. The molecule has 2 aliphatic rings. The summed E-state index contributed by atoms with van der Waals surface area (Å²) < 4.78 is 2.03. The first kappa shape index (κ1) is 24.5. The van der Waals surface area contributed by atoms with E-state index >= 15 is 0 Å². The van der Waals surface area contributed by atoms with Crippen molar-refractivity contribution in [2.75, 3.05) is 44.2 Å². The van der Waals surface area contributed by atoms with Gasteiger partial charge in [-0.1, -0.05) is 12.1 Å². The van der Waals surface area contributed by atoms with Crippen LogP contribution in [0.3, 0.4) is 0 Å². The summed E-state index contributed by atoms with van der Waals surface area (Å²) in [5.41, 5.74) is 4.74. The quantitative estimate of drug-likeness (QED) is 0.698. The van der Waals surface area contributed by atoms with Gasteiger partial charge in [0.25, 0.3) is 0 Å². The summed E-state index contributed by atoms with van der Waals surface area (Å²) in [6.45, 7) is 10.2. The van der Waals surface area contributed by atoms with Gasteiger partial charge in [0.2, 0.25) is 5.91 Å². The van der Waals surface area contributed by atoms with Gasteiger partial charge in [0.1, 0.15) is 0 Å². The minimum Gasteiger partial charge on any atom is -0.369 e. The number of hydrogen-bond donors (Lipinski definition) is 2. The summed E-state index contributed by atoms with van der Waals surface area (Å²) in [4.78, 5) is 17.0. The van der Waals surface area contributed by atoms with E-state index in [1.54, 1.807) is 0 Å². The third-order valence-electron chi connectivity index (χ3n) is 5.58. The van der Waals surface area contributed by atoms with Crippen LogP contribution in [0, 0.1) is 6.92 Å². The van der Waals surface area contributed by atoms with Crippen LogP contribution in [0.1, 0.15) is 23.4 Å². The molecular formula is C21H32Cl2N6O. The van der Waals surface area contributed by atoms with Crippen molar-refractivity contribution in [3.05, 3.63) is 47.3 Å². The lowest BCUT2D eigenvalue weighted by atomic mass is 10.2. The second-order valence-corrected chi connectivity index (χ2v) is 7.72. The molecule has 1 fully saturated rings. The van der Waals surface area contributed by atoms with E-state index in [0.717, 1.165) is 58.1 Å². The number of nitrogens with zero attached hydrogens (tertiary/aromatic N) is 4. The van der Waals surface area contributed by atoms with Crippen molar-refractivity contribution in [1.29, 1.82) is 0 Å². The van der Waals surface area contributed by atoms with E-state index in [-0.39, 0.29) is 30.7 Å². The van der Waals surface area contributed by atoms with Crippen LogP contribution >= 0.6 is 24.8 Å². The first-order valence-electron chi connectivity index (χ1n) is 10.2. The maximum atomic E-state index is 12.2. The van der Waals surface area contributed by atoms with E-state index < -0.39 is 0 Å². The normalized spacial score (nSPS) is 16.2. The number of piperazine rings is 1. The Balaban J connectivity index is 0.00000160. The van der Waals surface area contributed by atoms with Gasteiger partial charge in [-0.15, -0.1) is 24.8 Å². The van der Waals surface area contributed by atoms with E-state index in [1.807, 2.05) is 4.68 Å². The molecule has 2 aromatic rings. The highest BCUT2D eigenvalue weighted by molar-refractivity contribution is 5.85. The summed E-state index contributed by atoms with van der Waals surface area (Å²) in [7, 11) is 0. The largest absolute Gasteiger partial charge is 0.369 e. The molecule has 166 valence electrons. The molecule has 7 nitrogen and oxygen atoms in total. The number of fused-ring (bicyclic) bond motifs is 1. The second-order valence-electron chi connectivity index (χ2n) is 7.72. The lowest BCUT2D eigenvalue weighted by Gasteiger charge is -2.36. The Bertz CT molecular complexity index is 796. The summed E-state index contributed by atoms with van der Waals surface area (Å²) in [5, 5.41) is 10.9. The number of anilines is 1. The van der Waals surface area contributed by atoms with E-state index in [4.69, 9.17) is 0 Å². The standard InChI is InChI=1S/C21H30N6O.2ClH/c1-17-3-2-4-19(13-17)26-11-9-25(10-12-26)7-5-21(28)23-15-18-14-20-16-22-6-8-27(20)24-18;;/h2-4,13-14,22H,5-12,15-16H2,1H3,(H,23,28);2*1H. The molecule has 3 heterocycles. The van der Waals surface area contributed by atoms with E-state index in [9.17, 15) is 4.79 Å². The van der Waals surface area contributed by atoms with Crippen molar-refractivity contribution in [2.24, 2.45) is 0 Å². The second kappa shape index (κ2) is 11.6. The maximum absolute atomic E-state index is 12.2. The van der Waals surface area contributed by atoms with Gasteiger partial charge in [0, 0.05) is 57.9 Å². The number of aryl methyl sites for hydroxylation is 1. The van der Waals surface area contributed by atoms with Gasteiger partial charge in [-0.2, -0.15) is 5.10 Å². The van der Waals surface area contributed by atoms with Crippen molar-refractivity contribution in [2.45, 2.75) is 33.0 Å². The lowest BCUT2D eigenvalue weighted by molar-refractivity contribution is -0.121. The molecule has 1 amide bonds. The van der Waals surface area contributed by atoms with Gasteiger partial charge in [-0.3, -0.25) is 14.4 Å². The van der Waals surface area contributed by atoms with Gasteiger partial charge in [-0.05, 0) is 30.7 Å². The fraction of sp³-hybridized carbons (Fsp3) is 0.524. The molecule has 0 atom stereocenters. The molecule has 2 aliphatic heterocycles. The van der Waals surface area contributed by atoms with Crippen LogP contribution in [0.2, 0.25) is 0 Å². The number of carbonyl (C=O) groups excluding carboxylic acids is 1. The Hall–Kier alpha value is -1.80. The molecule has 0 radical (unpaired) electrons. The number of halogens is 2. The molecule has 0 aliphatic carbocycles. The first-order valence-corrected chi connectivity index (χ1v) is 10.2. The number of amides is 1. The SMILES string of the molecule is Cc1cccc(N2CCN(CCC(=O)NCc3cc4n(n3)CCNC4)CC2)c1.Cl.Cl. The van der Waals surface area contributed by atoms with E-state index in [2.05, 4.69) is 62.8 Å². The number of nitrogens with one attached hydrogen (secondary N) is 2. The lowest BCUT2D eigenvalue weighted by Crippen LogP contribution is -2.47. The monoisotopic (exact) mass is 454 g/mol. The fourth-order valence-corrected chi connectivity index (χ4v) is 3.93. The smallest absolute Gasteiger partial charge is 0.221 e. The van der Waals surface area contributed by atoms with Crippen molar-refractivity contribution < 1.29 is 4.79 Å². The van der Waals surface area contributed by atoms with E-state index in [1.165, 1.54) is 16.9 Å². The zero-order chi connectivity index (χ0) is 19.3. The molecule has 0 unspecified atom stereocenters. The van der Waals surface area contributed by atoms with E-state index in [0.29, 0.717) is 13.0 Å². The van der Waals surface area contributed by atoms with Crippen molar-refractivity contribution in [1.82, 2.24) is 25.3 Å². The minimum atomic E-state index is 0. The molecule has 1 saturated heterocycles. The Labute approximate surface area is 191 Å². The van der Waals surface area contributed by atoms with Crippen LogP contribution < -0.4 is 15.5 Å². The molecule has 4 rings (SSSR count). The van der Waals surface area contributed by atoms with Gasteiger partial charge in [0.15, 0.2) is 0 Å². The summed E-state index contributed by atoms with van der Waals surface area (Å²) in [6.07, 6.45) is 0.541. The summed E-state index contributed by atoms with van der Waals surface area (Å²) >= 11 is 0. The van der Waals surface area contributed by atoms with Gasteiger partial charge in [0.05, 0.1) is 24.5 Å².